The maximum atomic E-state index is 12.6. The van der Waals surface area contributed by atoms with Crippen molar-refractivity contribution in [2.75, 3.05) is 26.2 Å². The molecule has 0 unspecified atom stereocenters. The topological polar surface area (TPSA) is 53.4 Å². The number of urea groups is 1. The van der Waals surface area contributed by atoms with Crippen molar-refractivity contribution in [2.24, 2.45) is 13.0 Å². The molecular weight excluding hydrogens is 314 g/mol. The van der Waals surface area contributed by atoms with E-state index < -0.39 is 0 Å². The van der Waals surface area contributed by atoms with Crippen LogP contribution in [0.4, 0.5) is 4.79 Å². The number of aromatic nitrogens is 2. The normalized spacial score (nSPS) is 28.1. The van der Waals surface area contributed by atoms with Gasteiger partial charge in [-0.15, -0.1) is 0 Å². The van der Waals surface area contributed by atoms with E-state index in [1.54, 1.807) is 0 Å². The lowest BCUT2D eigenvalue weighted by Crippen LogP contribution is -2.45. The van der Waals surface area contributed by atoms with E-state index in [1.165, 1.54) is 31.2 Å². The van der Waals surface area contributed by atoms with Crippen molar-refractivity contribution < 1.29 is 4.79 Å². The molecule has 1 aromatic rings. The molecule has 3 heterocycles. The third-order valence-electron chi connectivity index (χ3n) is 6.24. The van der Waals surface area contributed by atoms with Crippen molar-refractivity contribution in [3.05, 3.63) is 18.0 Å². The van der Waals surface area contributed by atoms with Gasteiger partial charge in [0.1, 0.15) is 0 Å². The van der Waals surface area contributed by atoms with Crippen molar-refractivity contribution in [3.63, 3.8) is 0 Å². The number of rotatable bonds is 4. The minimum absolute atomic E-state index is 0.145. The quantitative estimate of drug-likeness (QED) is 0.908. The summed E-state index contributed by atoms with van der Waals surface area (Å²) < 4.78 is 1.85. The van der Waals surface area contributed by atoms with Gasteiger partial charge in [-0.3, -0.25) is 9.58 Å². The molecular formula is C19H31N5O. The SMILES string of the molecule is Cn1cc(C[C@H]2CCN(C(=O)N[C@@H]3CCN(C4CCCC4)C3)C2)cn1. The van der Waals surface area contributed by atoms with Gasteiger partial charge in [0, 0.05) is 51.5 Å². The maximum absolute atomic E-state index is 12.6. The van der Waals surface area contributed by atoms with Crippen LogP contribution in [0.15, 0.2) is 12.4 Å². The summed E-state index contributed by atoms with van der Waals surface area (Å²) in [7, 11) is 1.95. The Morgan fingerprint density at radius 2 is 2.04 bits per heavy atom. The van der Waals surface area contributed by atoms with Crippen LogP contribution in [0.5, 0.6) is 0 Å². The molecule has 2 aliphatic heterocycles. The molecule has 138 valence electrons. The summed E-state index contributed by atoms with van der Waals surface area (Å²) in [6.45, 7) is 3.96. The molecule has 2 amide bonds. The number of hydrogen-bond donors (Lipinski definition) is 1. The first-order chi connectivity index (χ1) is 12.2. The van der Waals surface area contributed by atoms with E-state index in [-0.39, 0.29) is 6.03 Å². The third kappa shape index (κ3) is 4.00. The standard InChI is InChI=1S/C19H31N5O/c1-22-12-16(11-20-22)10-15-6-8-24(13-15)19(25)21-17-7-9-23(14-17)18-4-2-3-5-18/h11-12,15,17-18H,2-10,13-14H2,1H3,(H,21,25)/t15-,17-/m1/s1. The summed E-state index contributed by atoms with van der Waals surface area (Å²) in [5, 5.41) is 7.53. The predicted octanol–water partition coefficient (Wildman–Crippen LogP) is 2.01. The molecule has 4 rings (SSSR count). The Labute approximate surface area is 150 Å². The molecule has 0 spiro atoms. The molecule has 2 atom stereocenters. The van der Waals surface area contributed by atoms with Gasteiger partial charge in [0.15, 0.2) is 0 Å². The number of likely N-dealkylation sites (tertiary alicyclic amines) is 2. The summed E-state index contributed by atoms with van der Waals surface area (Å²) in [5.74, 6) is 0.563. The van der Waals surface area contributed by atoms with Gasteiger partial charge in [-0.1, -0.05) is 12.8 Å². The highest BCUT2D eigenvalue weighted by Gasteiger charge is 2.33. The Morgan fingerprint density at radius 1 is 1.20 bits per heavy atom. The largest absolute Gasteiger partial charge is 0.334 e. The second-order valence-corrected chi connectivity index (χ2v) is 8.20. The van der Waals surface area contributed by atoms with Crippen LogP contribution in [-0.2, 0) is 13.5 Å². The minimum atomic E-state index is 0.145. The molecule has 0 radical (unpaired) electrons. The molecule has 3 aliphatic rings. The van der Waals surface area contributed by atoms with E-state index >= 15 is 0 Å². The molecule has 1 aliphatic carbocycles. The van der Waals surface area contributed by atoms with Crippen molar-refractivity contribution in [1.29, 1.82) is 0 Å². The van der Waals surface area contributed by atoms with Crippen LogP contribution in [-0.4, -0.2) is 63.9 Å². The molecule has 0 aromatic carbocycles. The highest BCUT2D eigenvalue weighted by atomic mass is 16.2. The molecule has 2 saturated heterocycles. The number of aryl methyl sites for hydroxylation is 1. The third-order valence-corrected chi connectivity index (χ3v) is 6.24. The molecule has 1 N–H and O–H groups in total. The van der Waals surface area contributed by atoms with Crippen LogP contribution < -0.4 is 5.32 Å². The first kappa shape index (κ1) is 16.9. The second kappa shape index (κ2) is 7.36. The fraction of sp³-hybridized carbons (Fsp3) is 0.789. The van der Waals surface area contributed by atoms with Gasteiger partial charge >= 0.3 is 6.03 Å². The van der Waals surface area contributed by atoms with Crippen LogP contribution in [0.3, 0.4) is 0 Å². The second-order valence-electron chi connectivity index (χ2n) is 8.20. The van der Waals surface area contributed by atoms with Crippen molar-refractivity contribution in [1.82, 2.24) is 24.9 Å². The van der Waals surface area contributed by atoms with Crippen molar-refractivity contribution in [2.45, 2.75) is 57.0 Å². The Morgan fingerprint density at radius 3 is 2.80 bits per heavy atom. The highest BCUT2D eigenvalue weighted by Crippen LogP contribution is 2.27. The van der Waals surface area contributed by atoms with Crippen molar-refractivity contribution >= 4 is 6.03 Å². The van der Waals surface area contributed by atoms with E-state index in [9.17, 15) is 4.79 Å². The van der Waals surface area contributed by atoms with Crippen LogP contribution in [0, 0.1) is 5.92 Å². The zero-order chi connectivity index (χ0) is 17.2. The summed E-state index contributed by atoms with van der Waals surface area (Å²) in [6, 6.07) is 1.26. The zero-order valence-electron chi connectivity index (χ0n) is 15.4. The molecule has 3 fully saturated rings. The predicted molar refractivity (Wildman–Crippen MR) is 97.4 cm³/mol. The molecule has 6 nitrogen and oxygen atoms in total. The lowest BCUT2D eigenvalue weighted by atomic mass is 10.0. The fourth-order valence-electron chi connectivity index (χ4n) is 4.87. The van der Waals surface area contributed by atoms with Gasteiger partial charge < -0.3 is 10.2 Å². The Bertz CT molecular complexity index is 594. The van der Waals surface area contributed by atoms with Crippen LogP contribution in [0.25, 0.3) is 0 Å². The van der Waals surface area contributed by atoms with Gasteiger partial charge in [0.25, 0.3) is 0 Å². The molecule has 1 aromatic heterocycles. The number of carbonyl (C=O) groups excluding carboxylic acids is 1. The Kier molecular flexibility index (Phi) is 4.97. The summed E-state index contributed by atoms with van der Waals surface area (Å²) >= 11 is 0. The number of carbonyl (C=O) groups is 1. The van der Waals surface area contributed by atoms with E-state index in [2.05, 4.69) is 21.5 Å². The first-order valence-electron chi connectivity index (χ1n) is 9.94. The number of amides is 2. The average Bonchev–Trinajstić information content (AvgIpc) is 3.34. The molecule has 0 bridgehead atoms. The Balaban J connectivity index is 1.22. The van der Waals surface area contributed by atoms with Crippen molar-refractivity contribution in [3.8, 4) is 0 Å². The zero-order valence-corrected chi connectivity index (χ0v) is 15.4. The van der Waals surface area contributed by atoms with Gasteiger partial charge in [-0.2, -0.15) is 5.10 Å². The van der Waals surface area contributed by atoms with Crippen LogP contribution in [0.2, 0.25) is 0 Å². The average molecular weight is 345 g/mol. The maximum Gasteiger partial charge on any atom is 0.317 e. The lowest BCUT2D eigenvalue weighted by molar-refractivity contribution is 0.200. The van der Waals surface area contributed by atoms with E-state index in [0.717, 1.165) is 51.5 Å². The summed E-state index contributed by atoms with van der Waals surface area (Å²) in [6.07, 6.45) is 12.7. The Hall–Kier alpha value is -1.56. The van der Waals surface area contributed by atoms with E-state index in [1.807, 2.05) is 22.8 Å². The highest BCUT2D eigenvalue weighted by molar-refractivity contribution is 5.74. The number of nitrogens with zero attached hydrogens (tertiary/aromatic N) is 4. The fourth-order valence-corrected chi connectivity index (χ4v) is 4.87. The monoisotopic (exact) mass is 345 g/mol. The van der Waals surface area contributed by atoms with Crippen LogP contribution >= 0.6 is 0 Å². The summed E-state index contributed by atoms with van der Waals surface area (Å²) in [4.78, 5) is 17.2. The van der Waals surface area contributed by atoms with E-state index in [4.69, 9.17) is 0 Å². The minimum Gasteiger partial charge on any atom is -0.334 e. The number of hydrogen-bond acceptors (Lipinski definition) is 3. The smallest absolute Gasteiger partial charge is 0.317 e. The van der Waals surface area contributed by atoms with E-state index in [0.29, 0.717) is 12.0 Å². The van der Waals surface area contributed by atoms with Gasteiger partial charge in [0.2, 0.25) is 0 Å². The molecule has 6 heteroatoms. The van der Waals surface area contributed by atoms with Gasteiger partial charge in [-0.05, 0) is 43.6 Å². The van der Waals surface area contributed by atoms with Gasteiger partial charge in [0.05, 0.1) is 6.20 Å². The molecule has 1 saturated carbocycles. The lowest BCUT2D eigenvalue weighted by Gasteiger charge is -2.24. The number of nitrogens with one attached hydrogen (secondary N) is 1. The summed E-state index contributed by atoms with van der Waals surface area (Å²) in [5.41, 5.74) is 1.28. The van der Waals surface area contributed by atoms with Crippen LogP contribution in [0.1, 0.15) is 44.1 Å². The molecule has 25 heavy (non-hydrogen) atoms. The first-order valence-corrected chi connectivity index (χ1v) is 9.94. The van der Waals surface area contributed by atoms with Gasteiger partial charge in [-0.25, -0.2) is 4.79 Å².